The quantitative estimate of drug-likeness (QED) is 0.349. The van der Waals surface area contributed by atoms with Crippen LogP contribution < -0.4 is 4.74 Å². The monoisotopic (exact) mass is 429 g/mol. The molecule has 0 fully saturated rings. The highest BCUT2D eigenvalue weighted by Gasteiger charge is 2.13. The van der Waals surface area contributed by atoms with E-state index in [1.807, 2.05) is 60.7 Å². The summed E-state index contributed by atoms with van der Waals surface area (Å²) in [7, 11) is 0. The van der Waals surface area contributed by atoms with Gasteiger partial charge in [0.2, 0.25) is 0 Å². The third kappa shape index (κ3) is 3.56. The number of rotatable bonds is 4. The van der Waals surface area contributed by atoms with E-state index in [2.05, 4.69) is 22.0 Å². The van der Waals surface area contributed by atoms with Crippen LogP contribution in [0.2, 0.25) is 5.02 Å². The van der Waals surface area contributed by atoms with Crippen LogP contribution in [0.4, 0.5) is 0 Å². The lowest BCUT2D eigenvalue weighted by Gasteiger charge is -2.11. The van der Waals surface area contributed by atoms with Gasteiger partial charge in [-0.3, -0.25) is 0 Å². The molecule has 25 heavy (non-hydrogen) atoms. The zero-order valence-corrected chi connectivity index (χ0v) is 16.2. The van der Waals surface area contributed by atoms with Crippen LogP contribution in [0, 0.1) is 0 Å². The summed E-state index contributed by atoms with van der Waals surface area (Å²) in [5.41, 5.74) is 2.93. The molecule has 4 rings (SSSR count). The van der Waals surface area contributed by atoms with E-state index in [4.69, 9.17) is 21.3 Å². The second kappa shape index (κ2) is 7.16. The van der Waals surface area contributed by atoms with Gasteiger partial charge in [0.25, 0.3) is 0 Å². The van der Waals surface area contributed by atoms with E-state index < -0.39 is 0 Å². The second-order valence-electron chi connectivity index (χ2n) is 5.51. The van der Waals surface area contributed by atoms with E-state index >= 15 is 0 Å². The fourth-order valence-electron chi connectivity index (χ4n) is 2.55. The molecule has 0 amide bonds. The second-order valence-corrected chi connectivity index (χ2v) is 7.86. The summed E-state index contributed by atoms with van der Waals surface area (Å²) in [5.74, 6) is 0.794. The number of nitrogens with zero attached hydrogens (tertiary/aromatic N) is 1. The number of fused-ring (bicyclic) bond motifs is 1. The normalized spacial score (nSPS) is 11.0. The molecule has 1 heterocycles. The van der Waals surface area contributed by atoms with Crippen LogP contribution in [0.15, 0.2) is 71.2 Å². The Bertz CT molecular complexity index is 1010. The molecule has 0 unspecified atom stereocenters. The van der Waals surface area contributed by atoms with Crippen LogP contribution in [-0.2, 0) is 6.61 Å². The summed E-state index contributed by atoms with van der Waals surface area (Å²) in [6, 6.07) is 21.8. The first kappa shape index (κ1) is 16.6. The summed E-state index contributed by atoms with van der Waals surface area (Å²) in [5, 5.41) is 1.65. The van der Waals surface area contributed by atoms with Gasteiger partial charge in [-0.1, -0.05) is 57.9 Å². The molecule has 3 aromatic carbocycles. The SMILES string of the molecule is Clc1ccccc1COc1ccc(Br)cc1-c1nc2ccccc2s1. The Morgan fingerprint density at radius 1 is 1.00 bits per heavy atom. The highest BCUT2D eigenvalue weighted by molar-refractivity contribution is 9.10. The summed E-state index contributed by atoms with van der Waals surface area (Å²) >= 11 is 11.4. The number of halogens is 2. The number of hydrogen-bond acceptors (Lipinski definition) is 3. The van der Waals surface area contributed by atoms with Crippen LogP contribution in [0.25, 0.3) is 20.8 Å². The van der Waals surface area contributed by atoms with Gasteiger partial charge in [-0.15, -0.1) is 11.3 Å². The van der Waals surface area contributed by atoms with E-state index in [0.717, 1.165) is 36.6 Å². The van der Waals surface area contributed by atoms with Crippen molar-refractivity contribution in [2.75, 3.05) is 0 Å². The third-order valence-corrected chi connectivity index (χ3v) is 5.74. The van der Waals surface area contributed by atoms with Crippen molar-refractivity contribution < 1.29 is 4.74 Å². The molecule has 2 nitrogen and oxygen atoms in total. The van der Waals surface area contributed by atoms with Crippen LogP contribution in [0.1, 0.15) is 5.56 Å². The van der Waals surface area contributed by atoms with E-state index in [0.29, 0.717) is 11.6 Å². The predicted octanol–water partition coefficient (Wildman–Crippen LogP) is 6.96. The van der Waals surface area contributed by atoms with Crippen LogP contribution in [0.3, 0.4) is 0 Å². The maximum absolute atomic E-state index is 6.23. The Labute approximate surface area is 163 Å². The van der Waals surface area contributed by atoms with Gasteiger partial charge in [-0.05, 0) is 36.4 Å². The molecule has 0 aliphatic rings. The van der Waals surface area contributed by atoms with Crippen molar-refractivity contribution in [3.8, 4) is 16.3 Å². The number of thiazole rings is 1. The number of para-hydroxylation sites is 1. The van der Waals surface area contributed by atoms with Crippen LogP contribution >= 0.6 is 38.9 Å². The minimum absolute atomic E-state index is 0.416. The Morgan fingerprint density at radius 2 is 1.80 bits per heavy atom. The average molecular weight is 431 g/mol. The topological polar surface area (TPSA) is 22.1 Å². The first-order valence-corrected chi connectivity index (χ1v) is 9.71. The number of aromatic nitrogens is 1. The van der Waals surface area contributed by atoms with Gasteiger partial charge in [0.05, 0.1) is 15.8 Å². The molecule has 1 aromatic heterocycles. The van der Waals surface area contributed by atoms with Crippen molar-refractivity contribution >= 4 is 49.1 Å². The fraction of sp³-hybridized carbons (Fsp3) is 0.0500. The molecule has 5 heteroatoms. The van der Waals surface area contributed by atoms with E-state index in [1.165, 1.54) is 0 Å². The first-order chi connectivity index (χ1) is 12.2. The molecule has 0 spiro atoms. The van der Waals surface area contributed by atoms with Crippen molar-refractivity contribution in [3.05, 3.63) is 81.8 Å². The van der Waals surface area contributed by atoms with Gasteiger partial charge in [0.1, 0.15) is 17.4 Å². The highest BCUT2D eigenvalue weighted by atomic mass is 79.9. The molecule has 0 bridgehead atoms. The highest BCUT2D eigenvalue weighted by Crippen LogP contribution is 2.37. The molecule has 0 atom stereocenters. The van der Waals surface area contributed by atoms with E-state index in [9.17, 15) is 0 Å². The molecular formula is C20H13BrClNOS. The number of hydrogen-bond donors (Lipinski definition) is 0. The lowest BCUT2D eigenvalue weighted by molar-refractivity contribution is 0.307. The van der Waals surface area contributed by atoms with Gasteiger partial charge in [0, 0.05) is 15.1 Å². The summed E-state index contributed by atoms with van der Waals surface area (Å²) in [6.45, 7) is 0.416. The standard InChI is InChI=1S/C20H13BrClNOS/c21-14-9-10-18(24-12-13-5-1-2-6-16(13)22)15(11-14)20-23-17-7-3-4-8-19(17)25-20/h1-11H,12H2. The molecule has 0 aliphatic heterocycles. The zero-order valence-electron chi connectivity index (χ0n) is 13.1. The van der Waals surface area contributed by atoms with Crippen molar-refractivity contribution in [2.24, 2.45) is 0 Å². The Hall–Kier alpha value is -1.88. The van der Waals surface area contributed by atoms with Crippen molar-refractivity contribution in [2.45, 2.75) is 6.61 Å². The van der Waals surface area contributed by atoms with Gasteiger partial charge in [-0.2, -0.15) is 0 Å². The minimum atomic E-state index is 0.416. The summed E-state index contributed by atoms with van der Waals surface area (Å²) < 4.78 is 8.22. The van der Waals surface area contributed by atoms with Gasteiger partial charge >= 0.3 is 0 Å². The largest absolute Gasteiger partial charge is 0.488 e. The van der Waals surface area contributed by atoms with Gasteiger partial charge < -0.3 is 4.74 Å². The Balaban J connectivity index is 1.70. The molecule has 0 radical (unpaired) electrons. The number of ether oxygens (including phenoxy) is 1. The zero-order chi connectivity index (χ0) is 17.2. The average Bonchev–Trinajstić information content (AvgIpc) is 3.06. The van der Waals surface area contributed by atoms with Crippen LogP contribution in [-0.4, -0.2) is 4.98 Å². The Morgan fingerprint density at radius 3 is 2.64 bits per heavy atom. The lowest BCUT2D eigenvalue weighted by atomic mass is 10.2. The summed E-state index contributed by atoms with van der Waals surface area (Å²) in [6.07, 6.45) is 0. The van der Waals surface area contributed by atoms with E-state index in [1.54, 1.807) is 11.3 Å². The molecule has 0 N–H and O–H groups in total. The van der Waals surface area contributed by atoms with Crippen molar-refractivity contribution in [3.63, 3.8) is 0 Å². The number of benzene rings is 3. The summed E-state index contributed by atoms with van der Waals surface area (Å²) in [4.78, 5) is 4.75. The maximum atomic E-state index is 6.23. The molecule has 0 saturated carbocycles. The minimum Gasteiger partial charge on any atom is -0.488 e. The molecule has 0 saturated heterocycles. The molecule has 124 valence electrons. The maximum Gasteiger partial charge on any atom is 0.130 e. The smallest absolute Gasteiger partial charge is 0.130 e. The molecule has 4 aromatic rings. The van der Waals surface area contributed by atoms with Gasteiger partial charge in [0.15, 0.2) is 0 Å². The molecule has 0 aliphatic carbocycles. The van der Waals surface area contributed by atoms with Crippen LogP contribution in [0.5, 0.6) is 5.75 Å². The predicted molar refractivity (Wildman–Crippen MR) is 109 cm³/mol. The lowest BCUT2D eigenvalue weighted by Crippen LogP contribution is -1.97. The van der Waals surface area contributed by atoms with Crippen molar-refractivity contribution in [1.29, 1.82) is 0 Å². The Kier molecular flexibility index (Phi) is 4.75. The van der Waals surface area contributed by atoms with E-state index in [-0.39, 0.29) is 0 Å². The fourth-order valence-corrected chi connectivity index (χ4v) is 4.09. The van der Waals surface area contributed by atoms with Crippen molar-refractivity contribution in [1.82, 2.24) is 4.98 Å². The third-order valence-electron chi connectivity index (χ3n) is 3.81. The van der Waals surface area contributed by atoms with Gasteiger partial charge in [-0.25, -0.2) is 4.98 Å². The first-order valence-electron chi connectivity index (χ1n) is 7.72. The molecular weight excluding hydrogens is 418 g/mol.